The van der Waals surface area contributed by atoms with Gasteiger partial charge in [-0.15, -0.1) is 0 Å². The molecule has 0 bridgehead atoms. The number of nitrogens with zero attached hydrogens (tertiary/aromatic N) is 1. The molecule has 0 radical (unpaired) electrons. The summed E-state index contributed by atoms with van der Waals surface area (Å²) in [7, 11) is 0. The van der Waals surface area contributed by atoms with Crippen molar-refractivity contribution in [1.29, 1.82) is 0 Å². The van der Waals surface area contributed by atoms with Gasteiger partial charge in [0.1, 0.15) is 0 Å². The number of H-pyrrole nitrogens is 1. The average molecular weight is 250 g/mol. The Balaban J connectivity index is 2.06. The zero-order valence-electron chi connectivity index (χ0n) is 8.84. The van der Waals surface area contributed by atoms with E-state index in [1.807, 2.05) is 0 Å². The van der Waals surface area contributed by atoms with Crippen LogP contribution in [0.1, 0.15) is 6.42 Å². The third kappa shape index (κ3) is 1.74. The number of carbonyl (C=O) groups excluding carboxylic acids is 1. The Kier molecular flexibility index (Phi) is 2.25. The summed E-state index contributed by atoms with van der Waals surface area (Å²) < 4.78 is 4.96. The van der Waals surface area contributed by atoms with E-state index in [1.54, 1.807) is 23.1 Å². The Morgan fingerprint density at radius 3 is 2.94 bits per heavy atom. The van der Waals surface area contributed by atoms with Crippen molar-refractivity contribution in [1.82, 2.24) is 4.98 Å². The lowest BCUT2D eigenvalue weighted by atomic mass is 10.2. The van der Waals surface area contributed by atoms with Gasteiger partial charge in [-0.1, -0.05) is 0 Å². The topological polar surface area (TPSA) is 66.3 Å². The maximum absolute atomic E-state index is 11.7. The van der Waals surface area contributed by atoms with Crippen LogP contribution in [0.15, 0.2) is 27.4 Å². The average Bonchev–Trinajstić information content (AvgIpc) is 2.78. The van der Waals surface area contributed by atoms with Crippen LogP contribution in [0.4, 0.5) is 5.69 Å². The molecule has 0 spiro atoms. The Hall–Kier alpha value is -1.69. The molecule has 2 aromatic rings. The second kappa shape index (κ2) is 3.66. The van der Waals surface area contributed by atoms with Crippen LogP contribution in [-0.4, -0.2) is 22.7 Å². The van der Waals surface area contributed by atoms with Gasteiger partial charge in [0.05, 0.1) is 5.52 Å². The predicted octanol–water partition coefficient (Wildman–Crippen LogP) is 1.16. The number of hydrogen-bond donors (Lipinski definition) is 2. The minimum Gasteiger partial charge on any atom is -0.408 e. The Labute approximate surface area is 102 Å². The molecule has 1 unspecified atom stereocenters. The first kappa shape index (κ1) is 10.5. The number of oxazole rings is 1. The number of hydrogen-bond acceptors (Lipinski definition) is 4. The maximum atomic E-state index is 11.7. The van der Waals surface area contributed by atoms with Gasteiger partial charge in [0, 0.05) is 30.0 Å². The molecule has 6 heteroatoms. The highest BCUT2D eigenvalue weighted by atomic mass is 32.1. The van der Waals surface area contributed by atoms with Crippen molar-refractivity contribution in [2.75, 3.05) is 11.4 Å². The van der Waals surface area contributed by atoms with Crippen molar-refractivity contribution in [3.8, 4) is 0 Å². The second-order valence-electron chi connectivity index (χ2n) is 4.06. The smallest absolute Gasteiger partial charge is 0.408 e. The van der Waals surface area contributed by atoms with E-state index in [9.17, 15) is 9.59 Å². The van der Waals surface area contributed by atoms with E-state index >= 15 is 0 Å². The number of nitrogens with one attached hydrogen (secondary N) is 1. The van der Waals surface area contributed by atoms with Gasteiger partial charge < -0.3 is 9.32 Å². The molecule has 5 nitrogen and oxygen atoms in total. The summed E-state index contributed by atoms with van der Waals surface area (Å²) in [6.45, 7) is 0.585. The minimum absolute atomic E-state index is 0.0437. The molecule has 1 amide bonds. The van der Waals surface area contributed by atoms with Crippen LogP contribution in [0, 0.1) is 0 Å². The summed E-state index contributed by atoms with van der Waals surface area (Å²) in [4.78, 5) is 26.9. The maximum Gasteiger partial charge on any atom is 0.417 e. The number of benzene rings is 1. The molecule has 1 atom stereocenters. The normalized spacial score (nSPS) is 20.4. The van der Waals surface area contributed by atoms with Crippen LogP contribution in [0.5, 0.6) is 0 Å². The van der Waals surface area contributed by atoms with Crippen LogP contribution in [0.3, 0.4) is 0 Å². The van der Waals surface area contributed by atoms with Crippen LogP contribution >= 0.6 is 12.6 Å². The lowest BCUT2D eigenvalue weighted by Crippen LogP contribution is -2.24. The van der Waals surface area contributed by atoms with Crippen molar-refractivity contribution in [2.45, 2.75) is 11.7 Å². The molecular weight excluding hydrogens is 240 g/mol. The largest absolute Gasteiger partial charge is 0.417 e. The highest BCUT2D eigenvalue weighted by molar-refractivity contribution is 7.81. The Bertz CT molecular complexity index is 645. The quantitative estimate of drug-likeness (QED) is 0.746. The van der Waals surface area contributed by atoms with E-state index in [0.29, 0.717) is 24.1 Å². The van der Waals surface area contributed by atoms with E-state index in [1.165, 1.54) is 0 Å². The number of aromatic nitrogens is 1. The first-order chi connectivity index (χ1) is 8.13. The standard InChI is InChI=1S/C11H10N2O3S/c14-10-4-7(17)5-13(10)6-1-2-8-9(3-6)16-11(15)12-8/h1-3,7,17H,4-5H2,(H,12,15). The van der Waals surface area contributed by atoms with Gasteiger partial charge in [0.15, 0.2) is 5.58 Å². The van der Waals surface area contributed by atoms with Crippen LogP contribution in [0.2, 0.25) is 0 Å². The number of carbonyl (C=O) groups is 1. The fraction of sp³-hybridized carbons (Fsp3) is 0.273. The lowest BCUT2D eigenvalue weighted by Gasteiger charge is -2.15. The highest BCUT2D eigenvalue weighted by Crippen LogP contribution is 2.26. The number of amides is 1. The van der Waals surface area contributed by atoms with Gasteiger partial charge in [-0.3, -0.25) is 9.78 Å². The number of aromatic amines is 1. The lowest BCUT2D eigenvalue weighted by molar-refractivity contribution is -0.117. The van der Waals surface area contributed by atoms with E-state index in [0.717, 1.165) is 5.69 Å². The van der Waals surface area contributed by atoms with Crippen LogP contribution < -0.4 is 10.7 Å². The number of anilines is 1. The predicted molar refractivity (Wildman–Crippen MR) is 66.6 cm³/mol. The van der Waals surface area contributed by atoms with E-state index in [4.69, 9.17) is 4.42 Å². The summed E-state index contributed by atoms with van der Waals surface area (Å²) in [5, 5.41) is 0.0661. The van der Waals surface area contributed by atoms with Crippen molar-refractivity contribution in [3.63, 3.8) is 0 Å². The van der Waals surface area contributed by atoms with Crippen LogP contribution in [-0.2, 0) is 4.79 Å². The molecule has 1 fully saturated rings. The van der Waals surface area contributed by atoms with E-state index in [2.05, 4.69) is 17.6 Å². The van der Waals surface area contributed by atoms with Gasteiger partial charge in [0.2, 0.25) is 5.91 Å². The molecule has 88 valence electrons. The van der Waals surface area contributed by atoms with Crippen molar-refractivity contribution >= 4 is 35.3 Å². The molecular formula is C11H10N2O3S. The second-order valence-corrected chi connectivity index (χ2v) is 4.79. The summed E-state index contributed by atoms with van der Waals surface area (Å²) in [5.41, 5.74) is 1.83. The van der Waals surface area contributed by atoms with Gasteiger partial charge in [0.25, 0.3) is 0 Å². The molecule has 17 heavy (non-hydrogen) atoms. The third-order valence-electron chi connectivity index (χ3n) is 2.82. The minimum atomic E-state index is -0.489. The fourth-order valence-electron chi connectivity index (χ4n) is 2.04. The van der Waals surface area contributed by atoms with Crippen molar-refractivity contribution in [2.24, 2.45) is 0 Å². The van der Waals surface area contributed by atoms with Gasteiger partial charge in [-0.05, 0) is 12.1 Å². The Morgan fingerprint density at radius 1 is 1.41 bits per heavy atom. The Morgan fingerprint density at radius 2 is 2.24 bits per heavy atom. The molecule has 1 aliphatic heterocycles. The van der Waals surface area contributed by atoms with Crippen LogP contribution in [0.25, 0.3) is 11.1 Å². The van der Waals surface area contributed by atoms with Gasteiger partial charge >= 0.3 is 5.76 Å². The molecule has 1 aromatic heterocycles. The number of fused-ring (bicyclic) bond motifs is 1. The first-order valence-corrected chi connectivity index (χ1v) is 5.76. The summed E-state index contributed by atoms with van der Waals surface area (Å²) in [6, 6.07) is 5.21. The zero-order chi connectivity index (χ0) is 12.0. The summed E-state index contributed by atoms with van der Waals surface area (Å²) in [6.07, 6.45) is 0.443. The molecule has 1 aliphatic rings. The van der Waals surface area contributed by atoms with Gasteiger partial charge in [-0.25, -0.2) is 4.79 Å². The first-order valence-electron chi connectivity index (χ1n) is 5.25. The molecule has 0 aliphatic carbocycles. The molecule has 1 aromatic carbocycles. The molecule has 2 heterocycles. The monoisotopic (exact) mass is 250 g/mol. The third-order valence-corrected chi connectivity index (χ3v) is 3.17. The zero-order valence-corrected chi connectivity index (χ0v) is 9.74. The SMILES string of the molecule is O=C1CC(S)CN1c1ccc2[nH]c(=O)oc2c1. The number of rotatable bonds is 1. The van der Waals surface area contributed by atoms with Gasteiger partial charge in [-0.2, -0.15) is 12.6 Å². The van der Waals surface area contributed by atoms with E-state index < -0.39 is 5.76 Å². The van der Waals surface area contributed by atoms with Crippen molar-refractivity contribution in [3.05, 3.63) is 28.7 Å². The van der Waals surface area contributed by atoms with E-state index in [-0.39, 0.29) is 11.2 Å². The molecule has 3 rings (SSSR count). The molecule has 1 N–H and O–H groups in total. The summed E-state index contributed by atoms with van der Waals surface area (Å²) in [5.74, 6) is -0.445. The van der Waals surface area contributed by atoms with Crippen molar-refractivity contribution < 1.29 is 9.21 Å². The molecule has 1 saturated heterocycles. The number of thiol groups is 1. The fourth-order valence-corrected chi connectivity index (χ4v) is 2.36. The molecule has 0 saturated carbocycles. The summed E-state index contributed by atoms with van der Waals surface area (Å²) >= 11 is 4.30. The highest BCUT2D eigenvalue weighted by Gasteiger charge is 2.28.